The van der Waals surface area contributed by atoms with Crippen LogP contribution in [0.1, 0.15) is 37.8 Å². The topological polar surface area (TPSA) is 40.5 Å². The van der Waals surface area contributed by atoms with E-state index in [1.807, 2.05) is 12.1 Å². The zero-order valence-electron chi connectivity index (χ0n) is 11.2. The highest BCUT2D eigenvalue weighted by atomic mass is 35.5. The third-order valence-corrected chi connectivity index (χ3v) is 4.21. The number of carboxylic acid groups (broad SMARTS) is 1. The molecule has 1 unspecified atom stereocenters. The molecule has 0 spiro atoms. The van der Waals surface area contributed by atoms with Crippen molar-refractivity contribution in [3.63, 3.8) is 0 Å². The normalized spacial score (nSPS) is 19.3. The Labute approximate surface area is 119 Å². The lowest BCUT2D eigenvalue weighted by Gasteiger charge is -2.36. The minimum Gasteiger partial charge on any atom is -0.481 e. The lowest BCUT2D eigenvalue weighted by atomic mass is 9.93. The van der Waals surface area contributed by atoms with Gasteiger partial charge in [-0.2, -0.15) is 0 Å². The molecule has 1 heterocycles. The summed E-state index contributed by atoms with van der Waals surface area (Å²) in [7, 11) is 0. The van der Waals surface area contributed by atoms with Gasteiger partial charge in [0.2, 0.25) is 0 Å². The summed E-state index contributed by atoms with van der Waals surface area (Å²) in [6, 6.07) is 8.35. The predicted molar refractivity (Wildman–Crippen MR) is 76.4 cm³/mol. The van der Waals surface area contributed by atoms with Gasteiger partial charge in [0.05, 0.1) is 5.92 Å². The van der Waals surface area contributed by atoms with Crippen LogP contribution in [0.5, 0.6) is 0 Å². The highest BCUT2D eigenvalue weighted by Crippen LogP contribution is 2.29. The van der Waals surface area contributed by atoms with Crippen molar-refractivity contribution >= 4 is 17.6 Å². The summed E-state index contributed by atoms with van der Waals surface area (Å²) in [6.07, 6.45) is 2.53. The molecular formula is C15H20ClNO2. The lowest BCUT2D eigenvalue weighted by Crippen LogP contribution is -2.38. The van der Waals surface area contributed by atoms with E-state index in [0.29, 0.717) is 6.04 Å². The van der Waals surface area contributed by atoms with Crippen molar-refractivity contribution in [2.45, 2.75) is 32.2 Å². The summed E-state index contributed by atoms with van der Waals surface area (Å²) in [5.41, 5.74) is 1.26. The summed E-state index contributed by atoms with van der Waals surface area (Å²) in [4.78, 5) is 13.4. The zero-order chi connectivity index (χ0) is 13.8. The Balaban J connectivity index is 2.03. The molecule has 1 fully saturated rings. The molecule has 0 amide bonds. The van der Waals surface area contributed by atoms with Gasteiger partial charge in [-0.1, -0.05) is 30.7 Å². The van der Waals surface area contributed by atoms with E-state index in [0.717, 1.165) is 37.4 Å². The molecule has 1 atom stereocenters. The molecule has 1 aliphatic heterocycles. The first-order chi connectivity index (χ1) is 9.11. The predicted octanol–water partition coefficient (Wildman–Crippen LogP) is 3.59. The molecule has 2 rings (SSSR count). The molecule has 1 N–H and O–H groups in total. The fraction of sp³-hybridized carbons (Fsp3) is 0.533. The Bertz CT molecular complexity index is 424. The molecule has 0 aliphatic carbocycles. The van der Waals surface area contributed by atoms with Crippen LogP contribution in [0.25, 0.3) is 0 Å². The van der Waals surface area contributed by atoms with Gasteiger partial charge in [-0.3, -0.25) is 9.69 Å². The van der Waals surface area contributed by atoms with Gasteiger partial charge < -0.3 is 5.11 Å². The van der Waals surface area contributed by atoms with Gasteiger partial charge in [0.15, 0.2) is 0 Å². The molecule has 104 valence electrons. The van der Waals surface area contributed by atoms with Crippen LogP contribution in [0, 0.1) is 5.92 Å². The van der Waals surface area contributed by atoms with E-state index in [2.05, 4.69) is 24.0 Å². The van der Waals surface area contributed by atoms with Crippen LogP contribution in [0.15, 0.2) is 24.3 Å². The van der Waals surface area contributed by atoms with Gasteiger partial charge in [-0.25, -0.2) is 0 Å². The first kappa shape index (κ1) is 14.4. The summed E-state index contributed by atoms with van der Waals surface area (Å²) in [5.74, 6) is -0.821. The monoisotopic (exact) mass is 281 g/mol. The van der Waals surface area contributed by atoms with Gasteiger partial charge in [0, 0.05) is 11.1 Å². The largest absolute Gasteiger partial charge is 0.481 e. The van der Waals surface area contributed by atoms with Crippen LogP contribution in [0.4, 0.5) is 0 Å². The van der Waals surface area contributed by atoms with E-state index in [1.165, 1.54) is 5.56 Å². The van der Waals surface area contributed by atoms with Crippen molar-refractivity contribution in [3.8, 4) is 0 Å². The van der Waals surface area contributed by atoms with Crippen molar-refractivity contribution < 1.29 is 9.90 Å². The van der Waals surface area contributed by atoms with Gasteiger partial charge >= 0.3 is 5.97 Å². The van der Waals surface area contributed by atoms with E-state index in [1.54, 1.807) is 0 Å². The SMILES string of the molecule is CCC(c1ccc(Cl)cc1)N1CCC(C(=O)O)CC1. The second kappa shape index (κ2) is 6.40. The number of halogens is 1. The Morgan fingerprint density at radius 1 is 1.37 bits per heavy atom. The maximum atomic E-state index is 11.0. The third-order valence-electron chi connectivity index (χ3n) is 3.96. The summed E-state index contributed by atoms with van der Waals surface area (Å²) < 4.78 is 0. The average molecular weight is 282 g/mol. The highest BCUT2D eigenvalue weighted by molar-refractivity contribution is 6.30. The molecule has 1 aromatic rings. The maximum absolute atomic E-state index is 11.0. The first-order valence-corrected chi connectivity index (χ1v) is 7.22. The second-order valence-electron chi connectivity index (χ2n) is 5.12. The van der Waals surface area contributed by atoms with Gasteiger partial charge in [-0.05, 0) is 50.0 Å². The molecule has 0 aromatic heterocycles. The Morgan fingerprint density at radius 2 is 1.95 bits per heavy atom. The average Bonchev–Trinajstić information content (AvgIpc) is 2.42. The number of rotatable bonds is 4. The molecule has 4 heteroatoms. The van der Waals surface area contributed by atoms with Crippen LogP contribution in [-0.2, 0) is 4.79 Å². The third kappa shape index (κ3) is 3.48. The van der Waals surface area contributed by atoms with E-state index in [4.69, 9.17) is 16.7 Å². The van der Waals surface area contributed by atoms with Crippen LogP contribution in [0.2, 0.25) is 5.02 Å². The molecule has 1 aliphatic rings. The van der Waals surface area contributed by atoms with E-state index >= 15 is 0 Å². The number of hydrogen-bond donors (Lipinski definition) is 1. The zero-order valence-corrected chi connectivity index (χ0v) is 11.9. The van der Waals surface area contributed by atoms with Crippen LogP contribution in [-0.4, -0.2) is 29.1 Å². The number of carboxylic acids is 1. The molecule has 0 radical (unpaired) electrons. The van der Waals surface area contributed by atoms with Crippen molar-refractivity contribution in [2.24, 2.45) is 5.92 Å². The van der Waals surface area contributed by atoms with Gasteiger partial charge in [-0.15, -0.1) is 0 Å². The summed E-state index contributed by atoms with van der Waals surface area (Å²) >= 11 is 5.92. The number of benzene rings is 1. The fourth-order valence-corrected chi connectivity index (χ4v) is 2.97. The van der Waals surface area contributed by atoms with Crippen molar-refractivity contribution in [1.82, 2.24) is 4.90 Å². The van der Waals surface area contributed by atoms with Gasteiger partial charge in [0.25, 0.3) is 0 Å². The van der Waals surface area contributed by atoms with Crippen molar-refractivity contribution in [3.05, 3.63) is 34.9 Å². The number of aliphatic carboxylic acids is 1. The Morgan fingerprint density at radius 3 is 2.42 bits per heavy atom. The molecule has 19 heavy (non-hydrogen) atoms. The van der Waals surface area contributed by atoms with Crippen molar-refractivity contribution in [1.29, 1.82) is 0 Å². The van der Waals surface area contributed by atoms with Crippen LogP contribution >= 0.6 is 11.6 Å². The Kier molecular flexibility index (Phi) is 4.83. The van der Waals surface area contributed by atoms with Crippen molar-refractivity contribution in [2.75, 3.05) is 13.1 Å². The molecular weight excluding hydrogens is 262 g/mol. The summed E-state index contributed by atoms with van der Waals surface area (Å²) in [5, 5.41) is 9.79. The standard InChI is InChI=1S/C15H20ClNO2/c1-2-14(11-3-5-13(16)6-4-11)17-9-7-12(8-10-17)15(18)19/h3-6,12,14H,2,7-10H2,1H3,(H,18,19). The van der Waals surface area contributed by atoms with Gasteiger partial charge in [0.1, 0.15) is 0 Å². The van der Waals surface area contributed by atoms with E-state index < -0.39 is 5.97 Å². The second-order valence-corrected chi connectivity index (χ2v) is 5.56. The minimum absolute atomic E-state index is 0.168. The minimum atomic E-state index is -0.654. The molecule has 3 nitrogen and oxygen atoms in total. The highest BCUT2D eigenvalue weighted by Gasteiger charge is 2.28. The maximum Gasteiger partial charge on any atom is 0.306 e. The van der Waals surface area contributed by atoms with Crippen LogP contribution < -0.4 is 0 Å². The smallest absolute Gasteiger partial charge is 0.306 e. The molecule has 0 bridgehead atoms. The molecule has 1 aromatic carbocycles. The number of carbonyl (C=O) groups is 1. The Hall–Kier alpha value is -1.06. The quantitative estimate of drug-likeness (QED) is 0.917. The number of likely N-dealkylation sites (tertiary alicyclic amines) is 1. The number of nitrogens with zero attached hydrogens (tertiary/aromatic N) is 1. The first-order valence-electron chi connectivity index (χ1n) is 6.84. The summed E-state index contributed by atoms with van der Waals surface area (Å²) in [6.45, 7) is 3.89. The molecule has 1 saturated heterocycles. The number of piperidine rings is 1. The molecule has 0 saturated carbocycles. The van der Waals surface area contributed by atoms with Crippen LogP contribution in [0.3, 0.4) is 0 Å². The van der Waals surface area contributed by atoms with E-state index in [9.17, 15) is 4.79 Å². The lowest BCUT2D eigenvalue weighted by molar-refractivity contribution is -0.143. The number of hydrogen-bond acceptors (Lipinski definition) is 2. The van der Waals surface area contributed by atoms with E-state index in [-0.39, 0.29) is 5.92 Å². The fourth-order valence-electron chi connectivity index (χ4n) is 2.85.